The fourth-order valence-electron chi connectivity index (χ4n) is 2.33. The molecule has 1 aromatic rings. The Morgan fingerprint density at radius 2 is 1.76 bits per heavy atom. The van der Waals surface area contributed by atoms with Gasteiger partial charge in [-0.05, 0) is 43.0 Å². The molecule has 0 saturated heterocycles. The summed E-state index contributed by atoms with van der Waals surface area (Å²) in [6.45, 7) is 2.18. The van der Waals surface area contributed by atoms with Gasteiger partial charge in [-0.3, -0.25) is 0 Å². The van der Waals surface area contributed by atoms with E-state index in [0.29, 0.717) is 12.0 Å². The third-order valence-corrected chi connectivity index (χ3v) is 3.43. The van der Waals surface area contributed by atoms with E-state index >= 15 is 0 Å². The van der Waals surface area contributed by atoms with Crippen molar-refractivity contribution in [1.29, 1.82) is 0 Å². The van der Waals surface area contributed by atoms with Crippen molar-refractivity contribution in [3.8, 4) is 0 Å². The van der Waals surface area contributed by atoms with Gasteiger partial charge in [0, 0.05) is 11.7 Å². The van der Waals surface area contributed by atoms with Gasteiger partial charge in [-0.2, -0.15) is 13.2 Å². The van der Waals surface area contributed by atoms with E-state index in [9.17, 15) is 13.2 Å². The first-order chi connectivity index (χ1) is 7.97. The molecule has 1 N–H and O–H groups in total. The molecule has 2 unspecified atom stereocenters. The summed E-state index contributed by atoms with van der Waals surface area (Å²) < 4.78 is 37.1. The van der Waals surface area contributed by atoms with E-state index in [1.807, 2.05) is 0 Å². The van der Waals surface area contributed by atoms with E-state index in [4.69, 9.17) is 0 Å². The quantitative estimate of drug-likeness (QED) is 0.816. The predicted octanol–water partition coefficient (Wildman–Crippen LogP) is 4.31. The number of alkyl halides is 3. The zero-order valence-corrected chi connectivity index (χ0v) is 9.72. The van der Waals surface area contributed by atoms with E-state index in [1.165, 1.54) is 25.0 Å². The molecule has 0 aromatic heterocycles. The maximum absolute atomic E-state index is 12.4. The maximum Gasteiger partial charge on any atom is 0.416 e. The van der Waals surface area contributed by atoms with Gasteiger partial charge in [-0.15, -0.1) is 0 Å². The van der Waals surface area contributed by atoms with Crippen molar-refractivity contribution < 1.29 is 13.2 Å². The molecule has 1 nitrogen and oxygen atoms in total. The molecule has 1 aliphatic rings. The van der Waals surface area contributed by atoms with Crippen LogP contribution < -0.4 is 5.32 Å². The molecule has 2 rings (SSSR count). The summed E-state index contributed by atoms with van der Waals surface area (Å²) >= 11 is 0. The number of anilines is 1. The van der Waals surface area contributed by atoms with Crippen LogP contribution in [0, 0.1) is 5.92 Å². The van der Waals surface area contributed by atoms with Crippen LogP contribution in [0.25, 0.3) is 0 Å². The van der Waals surface area contributed by atoms with Gasteiger partial charge in [0.15, 0.2) is 0 Å². The average Bonchev–Trinajstić information content (AvgIpc) is 2.64. The minimum Gasteiger partial charge on any atom is -0.382 e. The fourth-order valence-corrected chi connectivity index (χ4v) is 2.33. The standard InChI is InChI=1S/C13H16F3N/c1-9-3-2-4-12(9)17-11-7-5-10(6-8-11)13(14,15)16/h5-9,12,17H,2-4H2,1H3. The normalized spacial score (nSPS) is 24.9. The summed E-state index contributed by atoms with van der Waals surface area (Å²) in [5.74, 6) is 0.595. The van der Waals surface area contributed by atoms with Crippen molar-refractivity contribution in [2.45, 2.75) is 38.4 Å². The van der Waals surface area contributed by atoms with E-state index in [0.717, 1.165) is 24.2 Å². The van der Waals surface area contributed by atoms with Gasteiger partial charge in [0.25, 0.3) is 0 Å². The zero-order chi connectivity index (χ0) is 12.5. The van der Waals surface area contributed by atoms with Crippen LogP contribution in [0.4, 0.5) is 18.9 Å². The zero-order valence-electron chi connectivity index (χ0n) is 9.72. The summed E-state index contributed by atoms with van der Waals surface area (Å²) in [4.78, 5) is 0. The Labute approximate surface area is 99.0 Å². The highest BCUT2D eigenvalue weighted by molar-refractivity contribution is 5.46. The average molecular weight is 243 g/mol. The maximum atomic E-state index is 12.4. The summed E-state index contributed by atoms with van der Waals surface area (Å²) in [7, 11) is 0. The van der Waals surface area contributed by atoms with E-state index < -0.39 is 11.7 Å². The molecule has 0 bridgehead atoms. The Balaban J connectivity index is 2.03. The SMILES string of the molecule is CC1CCCC1Nc1ccc(C(F)(F)F)cc1. The Morgan fingerprint density at radius 3 is 2.24 bits per heavy atom. The Hall–Kier alpha value is -1.19. The fraction of sp³-hybridized carbons (Fsp3) is 0.538. The van der Waals surface area contributed by atoms with Crippen molar-refractivity contribution in [3.63, 3.8) is 0 Å². The molecular weight excluding hydrogens is 227 g/mol. The molecule has 0 spiro atoms. The van der Waals surface area contributed by atoms with E-state index in [2.05, 4.69) is 12.2 Å². The second kappa shape index (κ2) is 4.59. The Morgan fingerprint density at radius 1 is 1.12 bits per heavy atom. The molecule has 0 amide bonds. The smallest absolute Gasteiger partial charge is 0.382 e. The molecule has 0 aliphatic heterocycles. The van der Waals surface area contributed by atoms with Crippen LogP contribution in [0.5, 0.6) is 0 Å². The summed E-state index contributed by atoms with van der Waals surface area (Å²) in [5.41, 5.74) is 0.180. The van der Waals surface area contributed by atoms with Gasteiger partial charge in [-0.1, -0.05) is 13.3 Å². The molecule has 0 heterocycles. The van der Waals surface area contributed by atoms with Crippen LogP contribution in [0.3, 0.4) is 0 Å². The monoisotopic (exact) mass is 243 g/mol. The minimum absolute atomic E-state index is 0.395. The van der Waals surface area contributed by atoms with E-state index in [-0.39, 0.29) is 0 Å². The highest BCUT2D eigenvalue weighted by Gasteiger charge is 2.30. The first-order valence-corrected chi connectivity index (χ1v) is 5.90. The molecular formula is C13H16F3N. The molecule has 0 radical (unpaired) electrons. The number of hydrogen-bond donors (Lipinski definition) is 1. The van der Waals surface area contributed by atoms with Crippen LogP contribution in [0.1, 0.15) is 31.7 Å². The first-order valence-electron chi connectivity index (χ1n) is 5.90. The van der Waals surface area contributed by atoms with Crippen molar-refractivity contribution in [3.05, 3.63) is 29.8 Å². The number of rotatable bonds is 2. The van der Waals surface area contributed by atoms with Crippen LogP contribution in [-0.4, -0.2) is 6.04 Å². The lowest BCUT2D eigenvalue weighted by atomic mass is 10.1. The summed E-state index contributed by atoms with van der Waals surface area (Å²) in [5, 5.41) is 3.30. The second-order valence-corrected chi connectivity index (χ2v) is 4.73. The third-order valence-electron chi connectivity index (χ3n) is 3.43. The van der Waals surface area contributed by atoms with Crippen LogP contribution in [0.2, 0.25) is 0 Å². The van der Waals surface area contributed by atoms with Gasteiger partial charge in [0.2, 0.25) is 0 Å². The highest BCUT2D eigenvalue weighted by Crippen LogP contribution is 2.31. The molecule has 1 saturated carbocycles. The number of hydrogen-bond acceptors (Lipinski definition) is 1. The van der Waals surface area contributed by atoms with Crippen LogP contribution >= 0.6 is 0 Å². The van der Waals surface area contributed by atoms with Crippen molar-refractivity contribution in [2.24, 2.45) is 5.92 Å². The minimum atomic E-state index is -4.25. The second-order valence-electron chi connectivity index (χ2n) is 4.73. The molecule has 17 heavy (non-hydrogen) atoms. The van der Waals surface area contributed by atoms with Gasteiger partial charge in [-0.25, -0.2) is 0 Å². The topological polar surface area (TPSA) is 12.0 Å². The highest BCUT2D eigenvalue weighted by atomic mass is 19.4. The van der Waals surface area contributed by atoms with Crippen LogP contribution in [-0.2, 0) is 6.18 Å². The van der Waals surface area contributed by atoms with Crippen molar-refractivity contribution >= 4 is 5.69 Å². The third kappa shape index (κ3) is 2.93. The number of halogens is 3. The molecule has 2 atom stereocenters. The first kappa shape index (κ1) is 12.3. The number of nitrogens with one attached hydrogen (secondary N) is 1. The Bertz CT molecular complexity index is 369. The number of benzene rings is 1. The molecule has 4 heteroatoms. The summed E-state index contributed by atoms with van der Waals surface area (Å²) in [6, 6.07) is 5.66. The van der Waals surface area contributed by atoms with Crippen LogP contribution in [0.15, 0.2) is 24.3 Å². The lowest BCUT2D eigenvalue weighted by Gasteiger charge is -2.19. The largest absolute Gasteiger partial charge is 0.416 e. The lowest BCUT2D eigenvalue weighted by Crippen LogP contribution is -2.21. The van der Waals surface area contributed by atoms with Gasteiger partial charge in [0.1, 0.15) is 0 Å². The van der Waals surface area contributed by atoms with Gasteiger partial charge >= 0.3 is 6.18 Å². The van der Waals surface area contributed by atoms with Crippen molar-refractivity contribution in [1.82, 2.24) is 0 Å². The van der Waals surface area contributed by atoms with Crippen molar-refractivity contribution in [2.75, 3.05) is 5.32 Å². The molecule has 1 fully saturated rings. The molecule has 94 valence electrons. The van der Waals surface area contributed by atoms with Gasteiger partial charge in [0.05, 0.1) is 5.56 Å². The lowest BCUT2D eigenvalue weighted by molar-refractivity contribution is -0.137. The molecule has 1 aromatic carbocycles. The molecule has 1 aliphatic carbocycles. The predicted molar refractivity (Wildman–Crippen MR) is 61.9 cm³/mol. The summed E-state index contributed by atoms with van der Waals surface area (Å²) in [6.07, 6.45) is -0.765. The van der Waals surface area contributed by atoms with E-state index in [1.54, 1.807) is 0 Å². The Kier molecular flexibility index (Phi) is 3.31. The van der Waals surface area contributed by atoms with Gasteiger partial charge < -0.3 is 5.32 Å².